The Morgan fingerprint density at radius 1 is 1.31 bits per heavy atom. The average Bonchev–Trinajstić information content (AvgIpc) is 2.28. The SMILES string of the molecule is COC(=O)CC(=O)N(C)c1ccc(Br)cc1. The van der Waals surface area contributed by atoms with Gasteiger partial charge in [0.15, 0.2) is 0 Å². The maximum Gasteiger partial charge on any atom is 0.315 e. The van der Waals surface area contributed by atoms with Crippen molar-refractivity contribution in [1.29, 1.82) is 0 Å². The molecule has 0 aliphatic heterocycles. The number of rotatable bonds is 3. The molecule has 0 aromatic heterocycles. The lowest BCUT2D eigenvalue weighted by atomic mass is 10.3. The molecule has 0 saturated carbocycles. The summed E-state index contributed by atoms with van der Waals surface area (Å²) >= 11 is 3.31. The number of hydrogen-bond acceptors (Lipinski definition) is 3. The second-order valence-electron chi connectivity index (χ2n) is 3.18. The third-order valence-electron chi connectivity index (χ3n) is 2.11. The van der Waals surface area contributed by atoms with Gasteiger partial charge < -0.3 is 9.64 Å². The summed E-state index contributed by atoms with van der Waals surface area (Å²) in [6.45, 7) is 0. The second-order valence-corrected chi connectivity index (χ2v) is 4.10. The van der Waals surface area contributed by atoms with Crippen molar-refractivity contribution >= 4 is 33.5 Å². The highest BCUT2D eigenvalue weighted by molar-refractivity contribution is 9.10. The summed E-state index contributed by atoms with van der Waals surface area (Å²) in [6, 6.07) is 7.24. The molecule has 86 valence electrons. The van der Waals surface area contributed by atoms with Gasteiger partial charge in [-0.05, 0) is 24.3 Å². The first kappa shape index (κ1) is 12.7. The van der Waals surface area contributed by atoms with E-state index >= 15 is 0 Å². The van der Waals surface area contributed by atoms with Gasteiger partial charge in [0.2, 0.25) is 5.91 Å². The number of methoxy groups -OCH3 is 1. The summed E-state index contributed by atoms with van der Waals surface area (Å²) in [5.41, 5.74) is 0.733. The highest BCUT2D eigenvalue weighted by atomic mass is 79.9. The van der Waals surface area contributed by atoms with Crippen LogP contribution in [0, 0.1) is 0 Å². The van der Waals surface area contributed by atoms with Crippen LogP contribution in [0.15, 0.2) is 28.7 Å². The number of carbonyl (C=O) groups excluding carboxylic acids is 2. The van der Waals surface area contributed by atoms with Crippen molar-refractivity contribution in [2.75, 3.05) is 19.1 Å². The summed E-state index contributed by atoms with van der Waals surface area (Å²) in [4.78, 5) is 24.0. The standard InChI is InChI=1S/C11H12BrNO3/c1-13(10(14)7-11(15)16-2)9-5-3-8(12)4-6-9/h3-6H,7H2,1-2H3. The molecule has 1 rings (SSSR count). The topological polar surface area (TPSA) is 46.6 Å². The van der Waals surface area contributed by atoms with Crippen LogP contribution in [0.5, 0.6) is 0 Å². The van der Waals surface area contributed by atoms with Crippen molar-refractivity contribution in [2.24, 2.45) is 0 Å². The van der Waals surface area contributed by atoms with E-state index < -0.39 is 5.97 Å². The van der Waals surface area contributed by atoms with Gasteiger partial charge in [-0.3, -0.25) is 9.59 Å². The zero-order valence-corrected chi connectivity index (χ0v) is 10.7. The maximum atomic E-state index is 11.6. The van der Waals surface area contributed by atoms with Crippen molar-refractivity contribution in [3.05, 3.63) is 28.7 Å². The fourth-order valence-corrected chi connectivity index (χ4v) is 1.39. The first-order chi connectivity index (χ1) is 7.54. The number of amides is 1. The quantitative estimate of drug-likeness (QED) is 0.630. The van der Waals surface area contributed by atoms with Gasteiger partial charge >= 0.3 is 5.97 Å². The molecule has 0 unspecified atom stereocenters. The molecular formula is C11H12BrNO3. The van der Waals surface area contributed by atoms with Crippen molar-refractivity contribution in [3.8, 4) is 0 Å². The van der Waals surface area contributed by atoms with Gasteiger partial charge in [-0.15, -0.1) is 0 Å². The van der Waals surface area contributed by atoms with Crippen LogP contribution in [0.4, 0.5) is 5.69 Å². The van der Waals surface area contributed by atoms with Crippen molar-refractivity contribution < 1.29 is 14.3 Å². The Bertz CT molecular complexity index is 389. The number of esters is 1. The average molecular weight is 286 g/mol. The smallest absolute Gasteiger partial charge is 0.315 e. The molecule has 0 aliphatic carbocycles. The Morgan fingerprint density at radius 3 is 2.38 bits per heavy atom. The zero-order chi connectivity index (χ0) is 12.1. The molecule has 0 saturated heterocycles. The Balaban J connectivity index is 2.70. The molecule has 0 bridgehead atoms. The lowest BCUT2D eigenvalue weighted by molar-refractivity contribution is -0.143. The molecule has 0 heterocycles. The fourth-order valence-electron chi connectivity index (χ4n) is 1.12. The molecule has 1 amide bonds. The minimum Gasteiger partial charge on any atom is -0.469 e. The van der Waals surface area contributed by atoms with Crippen molar-refractivity contribution in [3.63, 3.8) is 0 Å². The van der Waals surface area contributed by atoms with Crippen LogP contribution in [0.25, 0.3) is 0 Å². The Labute approximate surface area is 102 Å². The highest BCUT2D eigenvalue weighted by Crippen LogP contribution is 2.17. The summed E-state index contributed by atoms with van der Waals surface area (Å²) in [5, 5.41) is 0. The molecule has 0 atom stereocenters. The van der Waals surface area contributed by atoms with Crippen molar-refractivity contribution in [1.82, 2.24) is 0 Å². The minimum atomic E-state index is -0.533. The minimum absolute atomic E-state index is 0.247. The zero-order valence-electron chi connectivity index (χ0n) is 9.07. The van der Waals surface area contributed by atoms with Crippen LogP contribution in [-0.4, -0.2) is 26.0 Å². The number of ether oxygens (including phenoxy) is 1. The molecule has 1 aromatic carbocycles. The third-order valence-corrected chi connectivity index (χ3v) is 2.64. The van der Waals surface area contributed by atoms with Gasteiger partial charge in [-0.25, -0.2) is 0 Å². The summed E-state index contributed by atoms with van der Waals surface area (Å²) < 4.78 is 5.37. The van der Waals surface area contributed by atoms with Crippen molar-refractivity contribution in [2.45, 2.75) is 6.42 Å². The normalized spacial score (nSPS) is 9.69. The number of anilines is 1. The van der Waals surface area contributed by atoms with E-state index in [1.807, 2.05) is 12.1 Å². The van der Waals surface area contributed by atoms with Gasteiger partial charge in [0, 0.05) is 17.2 Å². The molecule has 5 heteroatoms. The Kier molecular flexibility index (Phi) is 4.49. The van der Waals surface area contributed by atoms with Crippen LogP contribution in [0.3, 0.4) is 0 Å². The maximum absolute atomic E-state index is 11.6. The van der Waals surface area contributed by atoms with Gasteiger partial charge in [0.1, 0.15) is 6.42 Å². The van der Waals surface area contributed by atoms with Crippen LogP contribution < -0.4 is 4.90 Å². The first-order valence-electron chi connectivity index (χ1n) is 4.63. The van der Waals surface area contributed by atoms with Crippen LogP contribution in [-0.2, 0) is 14.3 Å². The molecule has 16 heavy (non-hydrogen) atoms. The lowest BCUT2D eigenvalue weighted by Crippen LogP contribution is -2.28. The fraction of sp³-hybridized carbons (Fsp3) is 0.273. The van der Waals surface area contributed by atoms with E-state index in [2.05, 4.69) is 20.7 Å². The summed E-state index contributed by atoms with van der Waals surface area (Å²) in [7, 11) is 2.88. The monoisotopic (exact) mass is 285 g/mol. The van der Waals surface area contributed by atoms with E-state index in [9.17, 15) is 9.59 Å². The highest BCUT2D eigenvalue weighted by Gasteiger charge is 2.15. The van der Waals surface area contributed by atoms with E-state index in [0.29, 0.717) is 0 Å². The number of benzene rings is 1. The molecule has 0 fully saturated rings. The molecule has 0 N–H and O–H groups in total. The predicted molar refractivity (Wildman–Crippen MR) is 64.2 cm³/mol. The van der Waals surface area contributed by atoms with E-state index in [4.69, 9.17) is 0 Å². The molecule has 1 aromatic rings. The lowest BCUT2D eigenvalue weighted by Gasteiger charge is -2.16. The molecule has 0 spiro atoms. The number of carbonyl (C=O) groups is 2. The predicted octanol–water partition coefficient (Wildman–Crippen LogP) is 1.97. The van der Waals surface area contributed by atoms with E-state index in [1.54, 1.807) is 19.2 Å². The van der Waals surface area contributed by atoms with E-state index in [1.165, 1.54) is 12.0 Å². The van der Waals surface area contributed by atoms with E-state index in [0.717, 1.165) is 10.2 Å². The van der Waals surface area contributed by atoms with Crippen LogP contribution in [0.2, 0.25) is 0 Å². The first-order valence-corrected chi connectivity index (χ1v) is 5.43. The van der Waals surface area contributed by atoms with E-state index in [-0.39, 0.29) is 12.3 Å². The second kappa shape index (κ2) is 5.65. The van der Waals surface area contributed by atoms with Crippen LogP contribution in [0.1, 0.15) is 6.42 Å². The third kappa shape index (κ3) is 3.34. The Morgan fingerprint density at radius 2 is 1.88 bits per heavy atom. The Hall–Kier alpha value is -1.36. The largest absolute Gasteiger partial charge is 0.469 e. The number of hydrogen-bond donors (Lipinski definition) is 0. The van der Waals surface area contributed by atoms with Gasteiger partial charge in [0.25, 0.3) is 0 Å². The molecule has 0 aliphatic rings. The summed E-state index contributed by atoms with van der Waals surface area (Å²) in [6.07, 6.45) is -0.247. The molecular weight excluding hydrogens is 274 g/mol. The summed E-state index contributed by atoms with van der Waals surface area (Å²) in [5.74, 6) is -0.830. The van der Waals surface area contributed by atoms with Crippen LogP contribution >= 0.6 is 15.9 Å². The van der Waals surface area contributed by atoms with Gasteiger partial charge in [-0.1, -0.05) is 15.9 Å². The number of nitrogens with zero attached hydrogens (tertiary/aromatic N) is 1. The number of halogens is 1. The van der Waals surface area contributed by atoms with Gasteiger partial charge in [-0.2, -0.15) is 0 Å². The van der Waals surface area contributed by atoms with Gasteiger partial charge in [0.05, 0.1) is 7.11 Å². The molecule has 0 radical (unpaired) electrons. The molecule has 4 nitrogen and oxygen atoms in total.